The molecule has 0 aromatic carbocycles. The standard InChI is InChI=1S/C13H25NO4S/c1-15-4-5-16-6-7-17-8-9-18-11-13(2-3-13)10-12(14)19/h2-11H2,1H3,(H2,14,19). The first-order valence-corrected chi connectivity index (χ1v) is 7.10. The van der Waals surface area contributed by atoms with Crippen molar-refractivity contribution in [2.45, 2.75) is 19.3 Å². The van der Waals surface area contributed by atoms with Crippen molar-refractivity contribution in [3.05, 3.63) is 0 Å². The molecule has 1 rings (SSSR count). The van der Waals surface area contributed by atoms with Gasteiger partial charge in [0.25, 0.3) is 0 Å². The molecule has 5 nitrogen and oxygen atoms in total. The average molecular weight is 291 g/mol. The molecule has 112 valence electrons. The summed E-state index contributed by atoms with van der Waals surface area (Å²) in [5.41, 5.74) is 5.80. The number of thiocarbonyl (C=S) groups is 1. The summed E-state index contributed by atoms with van der Waals surface area (Å²) in [5.74, 6) is 0. The summed E-state index contributed by atoms with van der Waals surface area (Å²) < 4.78 is 21.1. The summed E-state index contributed by atoms with van der Waals surface area (Å²) >= 11 is 4.94. The largest absolute Gasteiger partial charge is 0.393 e. The van der Waals surface area contributed by atoms with Crippen LogP contribution in [0.25, 0.3) is 0 Å². The van der Waals surface area contributed by atoms with Gasteiger partial charge in [-0.1, -0.05) is 12.2 Å². The molecule has 0 heterocycles. The van der Waals surface area contributed by atoms with Gasteiger partial charge in [-0.2, -0.15) is 0 Å². The van der Waals surface area contributed by atoms with E-state index in [4.69, 9.17) is 36.9 Å². The van der Waals surface area contributed by atoms with Gasteiger partial charge in [-0.25, -0.2) is 0 Å². The van der Waals surface area contributed by atoms with Crippen LogP contribution in [0.4, 0.5) is 0 Å². The third kappa shape index (κ3) is 8.49. The molecule has 0 aliphatic heterocycles. The Balaban J connectivity index is 1.83. The van der Waals surface area contributed by atoms with Crippen LogP contribution in [0.3, 0.4) is 0 Å². The maximum absolute atomic E-state index is 5.61. The Bertz CT molecular complexity index is 259. The Morgan fingerprint density at radius 1 is 1.00 bits per heavy atom. The van der Waals surface area contributed by atoms with Crippen molar-refractivity contribution in [1.29, 1.82) is 0 Å². The van der Waals surface area contributed by atoms with Crippen LogP contribution in [0.5, 0.6) is 0 Å². The fourth-order valence-electron chi connectivity index (χ4n) is 1.79. The van der Waals surface area contributed by atoms with Gasteiger partial charge in [0.2, 0.25) is 0 Å². The van der Waals surface area contributed by atoms with Crippen molar-refractivity contribution in [2.24, 2.45) is 11.1 Å². The number of hydrogen-bond donors (Lipinski definition) is 1. The van der Waals surface area contributed by atoms with E-state index in [0.717, 1.165) is 13.0 Å². The molecule has 0 atom stereocenters. The molecule has 1 aliphatic carbocycles. The normalized spacial score (nSPS) is 16.5. The summed E-state index contributed by atoms with van der Waals surface area (Å²) in [5, 5.41) is 0. The molecule has 0 aromatic rings. The zero-order valence-corrected chi connectivity index (χ0v) is 12.5. The fourth-order valence-corrected chi connectivity index (χ4v) is 2.10. The predicted molar refractivity (Wildman–Crippen MR) is 77.4 cm³/mol. The van der Waals surface area contributed by atoms with E-state index in [1.54, 1.807) is 7.11 Å². The highest BCUT2D eigenvalue weighted by Gasteiger charge is 2.43. The van der Waals surface area contributed by atoms with Crippen LogP contribution in [0.15, 0.2) is 0 Å². The van der Waals surface area contributed by atoms with Crippen LogP contribution in [0.2, 0.25) is 0 Å². The van der Waals surface area contributed by atoms with E-state index in [9.17, 15) is 0 Å². The quantitative estimate of drug-likeness (QED) is 0.405. The van der Waals surface area contributed by atoms with Crippen LogP contribution in [-0.2, 0) is 18.9 Å². The van der Waals surface area contributed by atoms with Gasteiger partial charge >= 0.3 is 0 Å². The molecule has 0 aromatic heterocycles. The van der Waals surface area contributed by atoms with Gasteiger partial charge in [-0.05, 0) is 12.8 Å². The minimum atomic E-state index is 0.231. The lowest BCUT2D eigenvalue weighted by Gasteiger charge is -2.14. The average Bonchev–Trinajstić information content (AvgIpc) is 3.11. The summed E-state index contributed by atoms with van der Waals surface area (Å²) in [7, 11) is 1.65. The molecule has 0 saturated heterocycles. The van der Waals surface area contributed by atoms with Crippen molar-refractivity contribution < 1.29 is 18.9 Å². The smallest absolute Gasteiger partial charge is 0.0733 e. The molecule has 1 aliphatic rings. The second-order valence-electron chi connectivity index (χ2n) is 4.91. The lowest BCUT2D eigenvalue weighted by atomic mass is 10.0. The number of ether oxygens (including phenoxy) is 4. The van der Waals surface area contributed by atoms with E-state index in [-0.39, 0.29) is 5.41 Å². The van der Waals surface area contributed by atoms with Crippen LogP contribution in [-0.4, -0.2) is 58.3 Å². The second kappa shape index (κ2) is 9.61. The van der Waals surface area contributed by atoms with Gasteiger partial charge in [0.05, 0.1) is 51.2 Å². The van der Waals surface area contributed by atoms with E-state index in [1.165, 1.54) is 12.8 Å². The highest BCUT2D eigenvalue weighted by atomic mass is 32.1. The maximum Gasteiger partial charge on any atom is 0.0733 e. The molecule has 0 unspecified atom stereocenters. The molecular formula is C13H25NO4S. The summed E-state index contributed by atoms with van der Waals surface area (Å²) in [4.78, 5) is 0.588. The van der Waals surface area contributed by atoms with Crippen molar-refractivity contribution in [1.82, 2.24) is 0 Å². The Labute approximate surface area is 120 Å². The lowest BCUT2D eigenvalue weighted by molar-refractivity contribution is -0.00284. The molecule has 19 heavy (non-hydrogen) atoms. The van der Waals surface area contributed by atoms with E-state index in [1.807, 2.05) is 0 Å². The molecule has 0 radical (unpaired) electrons. The predicted octanol–water partition coefficient (Wildman–Crippen LogP) is 1.14. The third-order valence-electron chi connectivity index (χ3n) is 3.09. The number of methoxy groups -OCH3 is 1. The van der Waals surface area contributed by atoms with Crippen molar-refractivity contribution in [3.63, 3.8) is 0 Å². The van der Waals surface area contributed by atoms with E-state index in [0.29, 0.717) is 44.6 Å². The van der Waals surface area contributed by atoms with Crippen molar-refractivity contribution >= 4 is 17.2 Å². The van der Waals surface area contributed by atoms with Crippen LogP contribution >= 0.6 is 12.2 Å². The summed E-state index contributed by atoms with van der Waals surface area (Å²) in [6.07, 6.45) is 3.13. The van der Waals surface area contributed by atoms with E-state index < -0.39 is 0 Å². The SMILES string of the molecule is COCCOCCOCCOCC1(CC(N)=S)CC1. The van der Waals surface area contributed by atoms with Crippen LogP contribution < -0.4 is 5.73 Å². The first-order valence-electron chi connectivity index (χ1n) is 6.69. The van der Waals surface area contributed by atoms with Crippen LogP contribution in [0, 0.1) is 5.41 Å². The first kappa shape index (κ1) is 16.8. The minimum absolute atomic E-state index is 0.231. The molecule has 0 amide bonds. The zero-order chi connectivity index (χ0) is 14.0. The summed E-state index contributed by atoms with van der Waals surface area (Å²) in [6.45, 7) is 4.35. The Kier molecular flexibility index (Phi) is 8.48. The molecular weight excluding hydrogens is 266 g/mol. The number of hydrogen-bond acceptors (Lipinski definition) is 5. The Morgan fingerprint density at radius 2 is 1.53 bits per heavy atom. The Morgan fingerprint density at radius 3 is 2.00 bits per heavy atom. The second-order valence-corrected chi connectivity index (χ2v) is 5.44. The van der Waals surface area contributed by atoms with Gasteiger partial charge < -0.3 is 24.7 Å². The fraction of sp³-hybridized carbons (Fsp3) is 0.923. The van der Waals surface area contributed by atoms with E-state index >= 15 is 0 Å². The molecule has 2 N–H and O–H groups in total. The van der Waals surface area contributed by atoms with Crippen molar-refractivity contribution in [2.75, 3.05) is 53.4 Å². The van der Waals surface area contributed by atoms with Crippen LogP contribution in [0.1, 0.15) is 19.3 Å². The third-order valence-corrected chi connectivity index (χ3v) is 3.23. The molecule has 1 fully saturated rings. The topological polar surface area (TPSA) is 62.9 Å². The van der Waals surface area contributed by atoms with Gasteiger partial charge in [-0.3, -0.25) is 0 Å². The Hall–Kier alpha value is -0.270. The van der Waals surface area contributed by atoms with Gasteiger partial charge in [0, 0.05) is 18.9 Å². The highest BCUT2D eigenvalue weighted by molar-refractivity contribution is 7.80. The van der Waals surface area contributed by atoms with Gasteiger partial charge in [-0.15, -0.1) is 0 Å². The summed E-state index contributed by atoms with van der Waals surface area (Å²) in [6, 6.07) is 0. The monoisotopic (exact) mass is 291 g/mol. The van der Waals surface area contributed by atoms with E-state index in [2.05, 4.69) is 0 Å². The highest BCUT2D eigenvalue weighted by Crippen LogP contribution is 2.48. The first-order chi connectivity index (χ1) is 9.18. The molecule has 0 spiro atoms. The van der Waals surface area contributed by atoms with Crippen molar-refractivity contribution in [3.8, 4) is 0 Å². The number of nitrogens with two attached hydrogens (primary N) is 1. The molecule has 0 bridgehead atoms. The maximum atomic E-state index is 5.61. The minimum Gasteiger partial charge on any atom is -0.393 e. The number of rotatable bonds is 13. The van der Waals surface area contributed by atoms with Gasteiger partial charge in [0.1, 0.15) is 0 Å². The molecule has 6 heteroatoms. The lowest BCUT2D eigenvalue weighted by Crippen LogP contribution is -2.20. The van der Waals surface area contributed by atoms with Gasteiger partial charge in [0.15, 0.2) is 0 Å². The molecule has 1 saturated carbocycles. The zero-order valence-electron chi connectivity index (χ0n) is 11.7.